The molecule has 13 heavy (non-hydrogen) atoms. The third-order valence-corrected chi connectivity index (χ3v) is 2.25. The van der Waals surface area contributed by atoms with Crippen LogP contribution in [0.2, 0.25) is 10.0 Å². The van der Waals surface area contributed by atoms with Crippen LogP contribution in [0.1, 0.15) is 19.4 Å². The summed E-state index contributed by atoms with van der Waals surface area (Å²) in [6.45, 7) is 2.61. The SMILES string of the molecule is CC(C)(F)c1cc(F)c(Cl)cc1Cl. The summed E-state index contributed by atoms with van der Waals surface area (Å²) in [4.78, 5) is 0. The Morgan fingerprint density at radius 2 is 1.69 bits per heavy atom. The monoisotopic (exact) mass is 224 g/mol. The van der Waals surface area contributed by atoms with E-state index in [9.17, 15) is 8.78 Å². The molecule has 0 aliphatic carbocycles. The maximum absolute atomic E-state index is 13.4. The van der Waals surface area contributed by atoms with Crippen LogP contribution < -0.4 is 0 Å². The molecule has 0 bridgehead atoms. The fourth-order valence-corrected chi connectivity index (χ4v) is 1.59. The van der Waals surface area contributed by atoms with E-state index in [1.165, 1.54) is 19.9 Å². The van der Waals surface area contributed by atoms with Crippen molar-refractivity contribution in [2.45, 2.75) is 19.5 Å². The van der Waals surface area contributed by atoms with E-state index in [2.05, 4.69) is 0 Å². The molecule has 0 atom stereocenters. The van der Waals surface area contributed by atoms with Crippen LogP contribution in [0.3, 0.4) is 0 Å². The summed E-state index contributed by atoms with van der Waals surface area (Å²) >= 11 is 11.1. The first-order valence-electron chi connectivity index (χ1n) is 3.66. The van der Waals surface area contributed by atoms with Gasteiger partial charge in [0.15, 0.2) is 0 Å². The minimum atomic E-state index is -1.66. The second-order valence-electron chi connectivity index (χ2n) is 3.22. The topological polar surface area (TPSA) is 0 Å². The summed E-state index contributed by atoms with van der Waals surface area (Å²) in [5.41, 5.74) is -1.56. The van der Waals surface area contributed by atoms with Crippen molar-refractivity contribution in [3.05, 3.63) is 33.6 Å². The van der Waals surface area contributed by atoms with Crippen LogP contribution in [0.4, 0.5) is 8.78 Å². The zero-order valence-corrected chi connectivity index (χ0v) is 8.68. The van der Waals surface area contributed by atoms with Gasteiger partial charge in [-0.2, -0.15) is 0 Å². The smallest absolute Gasteiger partial charge is 0.142 e. The lowest BCUT2D eigenvalue weighted by molar-refractivity contribution is 0.221. The van der Waals surface area contributed by atoms with E-state index in [0.717, 1.165) is 6.07 Å². The molecule has 4 heteroatoms. The number of hydrogen-bond donors (Lipinski definition) is 0. The fourth-order valence-electron chi connectivity index (χ4n) is 0.978. The van der Waals surface area contributed by atoms with Crippen molar-refractivity contribution in [2.75, 3.05) is 0 Å². The molecule has 0 unspecified atom stereocenters. The van der Waals surface area contributed by atoms with Crippen LogP contribution in [-0.4, -0.2) is 0 Å². The van der Waals surface area contributed by atoms with Gasteiger partial charge in [0.25, 0.3) is 0 Å². The molecule has 0 saturated heterocycles. The molecule has 1 rings (SSSR count). The molecule has 72 valence electrons. The van der Waals surface area contributed by atoms with E-state index in [-0.39, 0.29) is 15.6 Å². The van der Waals surface area contributed by atoms with Gasteiger partial charge in [-0.3, -0.25) is 0 Å². The first-order valence-corrected chi connectivity index (χ1v) is 4.42. The first kappa shape index (κ1) is 10.7. The van der Waals surface area contributed by atoms with Gasteiger partial charge in [-0.1, -0.05) is 23.2 Å². The van der Waals surface area contributed by atoms with Crippen LogP contribution in [0.15, 0.2) is 12.1 Å². The predicted octanol–water partition coefficient (Wildman–Crippen LogP) is 4.34. The number of benzene rings is 1. The summed E-state index contributed by atoms with van der Waals surface area (Å²) < 4.78 is 26.3. The third kappa shape index (κ3) is 2.32. The Balaban J connectivity index is 3.32. The maximum atomic E-state index is 13.4. The highest BCUT2D eigenvalue weighted by Crippen LogP contribution is 2.34. The Kier molecular flexibility index (Phi) is 2.83. The van der Waals surface area contributed by atoms with Gasteiger partial charge in [-0.15, -0.1) is 0 Å². The molecule has 0 spiro atoms. The minimum Gasteiger partial charge on any atom is -0.239 e. The van der Waals surface area contributed by atoms with E-state index in [1.807, 2.05) is 0 Å². The summed E-state index contributed by atoms with van der Waals surface area (Å²) in [7, 11) is 0. The average Bonchev–Trinajstić information content (AvgIpc) is 1.94. The standard InChI is InChI=1S/C9H8Cl2F2/c1-9(2,13)5-3-8(12)7(11)4-6(5)10/h3-4H,1-2H3. The maximum Gasteiger partial charge on any atom is 0.142 e. The van der Waals surface area contributed by atoms with Crippen LogP contribution in [0.5, 0.6) is 0 Å². The van der Waals surface area contributed by atoms with Crippen molar-refractivity contribution in [3.63, 3.8) is 0 Å². The zero-order valence-electron chi connectivity index (χ0n) is 7.17. The van der Waals surface area contributed by atoms with E-state index in [0.29, 0.717) is 0 Å². The lowest BCUT2D eigenvalue weighted by Gasteiger charge is -2.16. The van der Waals surface area contributed by atoms with E-state index >= 15 is 0 Å². The van der Waals surface area contributed by atoms with Gasteiger partial charge in [0, 0.05) is 10.6 Å². The van der Waals surface area contributed by atoms with E-state index < -0.39 is 11.5 Å². The van der Waals surface area contributed by atoms with Gasteiger partial charge in [0.1, 0.15) is 11.5 Å². The molecular formula is C9H8Cl2F2. The Hall–Kier alpha value is -0.340. The lowest BCUT2D eigenvalue weighted by atomic mass is 10.0. The Morgan fingerprint density at radius 3 is 2.15 bits per heavy atom. The Labute approximate surface area is 85.5 Å². The normalized spacial score (nSPS) is 11.8. The molecule has 0 saturated carbocycles. The van der Waals surface area contributed by atoms with Crippen molar-refractivity contribution < 1.29 is 8.78 Å². The highest BCUT2D eigenvalue weighted by Gasteiger charge is 2.23. The summed E-state index contributed by atoms with van der Waals surface area (Å²) in [5.74, 6) is -0.660. The van der Waals surface area contributed by atoms with Crippen molar-refractivity contribution in [1.29, 1.82) is 0 Å². The number of rotatable bonds is 1. The third-order valence-electron chi connectivity index (χ3n) is 1.65. The Bertz CT molecular complexity index is 329. The summed E-state index contributed by atoms with van der Waals surface area (Å²) in [6, 6.07) is 2.22. The van der Waals surface area contributed by atoms with Crippen molar-refractivity contribution in [3.8, 4) is 0 Å². The predicted molar refractivity (Wildman–Crippen MR) is 50.6 cm³/mol. The van der Waals surface area contributed by atoms with Crippen molar-refractivity contribution >= 4 is 23.2 Å². The largest absolute Gasteiger partial charge is 0.239 e. The molecule has 0 amide bonds. The zero-order chi connectivity index (χ0) is 10.2. The number of hydrogen-bond acceptors (Lipinski definition) is 0. The van der Waals surface area contributed by atoms with Crippen LogP contribution in [0, 0.1) is 5.82 Å². The van der Waals surface area contributed by atoms with Gasteiger partial charge < -0.3 is 0 Å². The average molecular weight is 225 g/mol. The molecule has 0 aliphatic rings. The van der Waals surface area contributed by atoms with Crippen LogP contribution in [0.25, 0.3) is 0 Å². The lowest BCUT2D eigenvalue weighted by Crippen LogP contribution is -2.10. The number of alkyl halides is 1. The molecule has 0 aliphatic heterocycles. The van der Waals surface area contributed by atoms with Gasteiger partial charge in [-0.05, 0) is 26.0 Å². The molecule has 0 N–H and O–H groups in total. The Morgan fingerprint density at radius 1 is 1.15 bits per heavy atom. The molecule has 1 aromatic rings. The van der Waals surface area contributed by atoms with Gasteiger partial charge in [-0.25, -0.2) is 8.78 Å². The molecule has 0 fully saturated rings. The number of halogens is 4. The van der Waals surface area contributed by atoms with Crippen molar-refractivity contribution in [1.82, 2.24) is 0 Å². The molecule has 0 aromatic heterocycles. The molecule has 1 aromatic carbocycles. The van der Waals surface area contributed by atoms with E-state index in [1.54, 1.807) is 0 Å². The summed E-state index contributed by atoms with van der Waals surface area (Å²) in [6.07, 6.45) is 0. The van der Waals surface area contributed by atoms with Crippen LogP contribution in [-0.2, 0) is 5.67 Å². The second kappa shape index (κ2) is 3.43. The van der Waals surface area contributed by atoms with Gasteiger partial charge >= 0.3 is 0 Å². The highest BCUT2D eigenvalue weighted by atomic mass is 35.5. The highest BCUT2D eigenvalue weighted by molar-refractivity contribution is 6.35. The quantitative estimate of drug-likeness (QED) is 0.623. The van der Waals surface area contributed by atoms with Gasteiger partial charge in [0.2, 0.25) is 0 Å². The van der Waals surface area contributed by atoms with Crippen molar-refractivity contribution in [2.24, 2.45) is 0 Å². The minimum absolute atomic E-state index is 0.0991. The summed E-state index contributed by atoms with van der Waals surface area (Å²) in [5, 5.41) is 0.0388. The molecule has 0 nitrogen and oxygen atoms in total. The first-order chi connectivity index (χ1) is 5.82. The molecular weight excluding hydrogens is 217 g/mol. The van der Waals surface area contributed by atoms with Gasteiger partial charge in [0.05, 0.1) is 5.02 Å². The molecule has 0 heterocycles. The fraction of sp³-hybridized carbons (Fsp3) is 0.333. The van der Waals surface area contributed by atoms with Crippen LogP contribution >= 0.6 is 23.2 Å². The second-order valence-corrected chi connectivity index (χ2v) is 4.03. The molecule has 0 radical (unpaired) electrons. The van der Waals surface area contributed by atoms with E-state index in [4.69, 9.17) is 23.2 Å².